The molecule has 1 fully saturated rings. The lowest BCUT2D eigenvalue weighted by molar-refractivity contribution is 0.0269. The van der Waals surface area contributed by atoms with Gasteiger partial charge in [-0.15, -0.1) is 11.3 Å². The summed E-state index contributed by atoms with van der Waals surface area (Å²) in [6, 6.07) is 2.09. The minimum Gasteiger partial charge on any atom is -0.386 e. The molecule has 1 unspecified atom stereocenters. The van der Waals surface area contributed by atoms with Gasteiger partial charge < -0.3 is 15.2 Å². The molecule has 0 aromatic carbocycles. The summed E-state index contributed by atoms with van der Waals surface area (Å²) < 4.78 is 6.29. The van der Waals surface area contributed by atoms with Gasteiger partial charge in [-0.3, -0.25) is 0 Å². The zero-order valence-electron chi connectivity index (χ0n) is 8.33. The molecule has 2 N–H and O–H groups in total. The van der Waals surface area contributed by atoms with Crippen LogP contribution in [-0.4, -0.2) is 30.5 Å². The van der Waals surface area contributed by atoms with Crippen molar-refractivity contribution in [3.63, 3.8) is 0 Å². The second-order valence-corrected chi connectivity index (χ2v) is 5.77. The Labute approximate surface area is 102 Å². The molecule has 1 saturated heterocycles. The summed E-state index contributed by atoms with van der Waals surface area (Å²) in [6.07, 6.45) is 0.730. The van der Waals surface area contributed by atoms with Gasteiger partial charge in [0, 0.05) is 40.8 Å². The first-order chi connectivity index (χ1) is 7.18. The lowest BCUT2D eigenvalue weighted by Gasteiger charge is -2.20. The van der Waals surface area contributed by atoms with E-state index >= 15 is 0 Å². The third-order valence-corrected chi connectivity index (χ3v) is 4.16. The fraction of sp³-hybridized carbons (Fsp3) is 0.600. The Bertz CT molecular complexity index is 323. The molecule has 5 heteroatoms. The molecular formula is C10H14BrNO2S. The summed E-state index contributed by atoms with van der Waals surface area (Å²) in [7, 11) is 0. The van der Waals surface area contributed by atoms with Crippen LogP contribution in [0.2, 0.25) is 0 Å². The maximum Gasteiger partial charge on any atom is 0.103 e. The molecule has 0 spiro atoms. The second-order valence-electron chi connectivity index (χ2n) is 3.86. The van der Waals surface area contributed by atoms with Crippen molar-refractivity contribution < 1.29 is 9.84 Å². The standard InChI is InChI=1S/C10H14BrNO2S/c11-8-3-9(15-5-8)4-12-6-10(13)1-2-14-7-10/h3,5,12-13H,1-2,4,6-7H2. The largest absolute Gasteiger partial charge is 0.386 e. The van der Waals surface area contributed by atoms with Gasteiger partial charge in [0.1, 0.15) is 5.60 Å². The van der Waals surface area contributed by atoms with Crippen molar-refractivity contribution in [3.05, 3.63) is 20.8 Å². The Morgan fingerprint density at radius 1 is 1.67 bits per heavy atom. The molecule has 0 bridgehead atoms. The van der Waals surface area contributed by atoms with Crippen LogP contribution < -0.4 is 5.32 Å². The molecule has 1 aromatic rings. The van der Waals surface area contributed by atoms with E-state index < -0.39 is 5.60 Å². The van der Waals surface area contributed by atoms with E-state index in [9.17, 15) is 5.11 Å². The number of thiophene rings is 1. The van der Waals surface area contributed by atoms with Crippen LogP contribution in [0.3, 0.4) is 0 Å². The molecule has 3 nitrogen and oxygen atoms in total. The number of rotatable bonds is 4. The molecule has 0 aliphatic carbocycles. The fourth-order valence-corrected chi connectivity index (χ4v) is 3.02. The van der Waals surface area contributed by atoms with Crippen molar-refractivity contribution in [2.75, 3.05) is 19.8 Å². The highest BCUT2D eigenvalue weighted by Gasteiger charge is 2.31. The Kier molecular flexibility index (Phi) is 3.79. The Morgan fingerprint density at radius 2 is 2.53 bits per heavy atom. The van der Waals surface area contributed by atoms with Crippen molar-refractivity contribution in [2.45, 2.75) is 18.6 Å². The molecule has 0 amide bonds. The van der Waals surface area contributed by atoms with Gasteiger partial charge in [-0.2, -0.15) is 0 Å². The van der Waals surface area contributed by atoms with Crippen LogP contribution >= 0.6 is 27.3 Å². The first-order valence-corrected chi connectivity index (χ1v) is 6.59. The van der Waals surface area contributed by atoms with Gasteiger partial charge in [0.15, 0.2) is 0 Å². The first-order valence-electron chi connectivity index (χ1n) is 4.92. The van der Waals surface area contributed by atoms with Crippen LogP contribution in [0, 0.1) is 0 Å². The monoisotopic (exact) mass is 291 g/mol. The van der Waals surface area contributed by atoms with E-state index in [4.69, 9.17) is 4.74 Å². The molecule has 2 heterocycles. The van der Waals surface area contributed by atoms with Gasteiger partial charge in [-0.1, -0.05) is 0 Å². The smallest absolute Gasteiger partial charge is 0.103 e. The minimum absolute atomic E-state index is 0.453. The van der Waals surface area contributed by atoms with Crippen LogP contribution in [-0.2, 0) is 11.3 Å². The molecule has 1 atom stereocenters. The molecule has 2 rings (SSSR count). The van der Waals surface area contributed by atoms with Gasteiger partial charge in [-0.25, -0.2) is 0 Å². The SMILES string of the molecule is OC1(CNCc2cc(Br)cs2)CCOC1. The third-order valence-electron chi connectivity index (χ3n) is 2.46. The van der Waals surface area contributed by atoms with Gasteiger partial charge in [-0.05, 0) is 22.0 Å². The van der Waals surface area contributed by atoms with Crippen molar-refractivity contribution in [1.82, 2.24) is 5.32 Å². The van der Waals surface area contributed by atoms with Crippen LogP contribution in [0.15, 0.2) is 15.9 Å². The Morgan fingerprint density at radius 3 is 3.13 bits per heavy atom. The van der Waals surface area contributed by atoms with Gasteiger partial charge >= 0.3 is 0 Å². The van der Waals surface area contributed by atoms with Gasteiger partial charge in [0.25, 0.3) is 0 Å². The van der Waals surface area contributed by atoms with Crippen LogP contribution in [0.1, 0.15) is 11.3 Å². The number of halogens is 1. The second kappa shape index (κ2) is 4.93. The summed E-state index contributed by atoms with van der Waals surface area (Å²) in [5.41, 5.74) is -0.658. The van der Waals surface area contributed by atoms with E-state index in [1.165, 1.54) is 4.88 Å². The lowest BCUT2D eigenvalue weighted by atomic mass is 10.0. The summed E-state index contributed by atoms with van der Waals surface area (Å²) in [5.74, 6) is 0. The molecule has 0 radical (unpaired) electrons. The highest BCUT2D eigenvalue weighted by molar-refractivity contribution is 9.10. The number of ether oxygens (including phenoxy) is 1. The average Bonchev–Trinajstić information content (AvgIpc) is 2.76. The Hall–Kier alpha value is 0.0600. The van der Waals surface area contributed by atoms with Gasteiger partial charge in [0.2, 0.25) is 0 Å². The number of hydrogen-bond acceptors (Lipinski definition) is 4. The molecular weight excluding hydrogens is 278 g/mol. The zero-order chi connectivity index (χ0) is 10.7. The normalized spacial score (nSPS) is 26.0. The molecule has 15 heavy (non-hydrogen) atoms. The third kappa shape index (κ3) is 3.26. The number of aliphatic hydroxyl groups is 1. The van der Waals surface area contributed by atoms with Crippen LogP contribution in [0.25, 0.3) is 0 Å². The highest BCUT2D eigenvalue weighted by Crippen LogP contribution is 2.20. The van der Waals surface area contributed by atoms with E-state index in [0.29, 0.717) is 19.8 Å². The van der Waals surface area contributed by atoms with Crippen LogP contribution in [0.5, 0.6) is 0 Å². The van der Waals surface area contributed by atoms with Crippen LogP contribution in [0.4, 0.5) is 0 Å². The van der Waals surface area contributed by atoms with Crippen molar-refractivity contribution >= 4 is 27.3 Å². The number of nitrogens with one attached hydrogen (secondary N) is 1. The predicted molar refractivity (Wildman–Crippen MR) is 64.1 cm³/mol. The lowest BCUT2D eigenvalue weighted by Crippen LogP contribution is -2.40. The van der Waals surface area contributed by atoms with E-state index in [-0.39, 0.29) is 0 Å². The fourth-order valence-electron chi connectivity index (χ4n) is 1.60. The Balaban J connectivity index is 1.75. The maximum absolute atomic E-state index is 9.98. The average molecular weight is 292 g/mol. The summed E-state index contributed by atoms with van der Waals surface area (Å²) in [5, 5.41) is 15.3. The summed E-state index contributed by atoms with van der Waals surface area (Å²) in [6.45, 7) is 2.53. The quantitative estimate of drug-likeness (QED) is 0.888. The summed E-state index contributed by atoms with van der Waals surface area (Å²) >= 11 is 5.12. The number of hydrogen-bond donors (Lipinski definition) is 2. The molecule has 0 saturated carbocycles. The van der Waals surface area contributed by atoms with E-state index in [2.05, 4.69) is 32.7 Å². The van der Waals surface area contributed by atoms with Crippen molar-refractivity contribution in [2.24, 2.45) is 0 Å². The molecule has 1 aromatic heterocycles. The zero-order valence-corrected chi connectivity index (χ0v) is 10.7. The minimum atomic E-state index is -0.658. The van der Waals surface area contributed by atoms with Gasteiger partial charge in [0.05, 0.1) is 6.61 Å². The maximum atomic E-state index is 9.98. The van der Waals surface area contributed by atoms with E-state index in [1.54, 1.807) is 11.3 Å². The topological polar surface area (TPSA) is 41.5 Å². The van der Waals surface area contributed by atoms with E-state index in [1.807, 2.05) is 0 Å². The van der Waals surface area contributed by atoms with Crippen molar-refractivity contribution in [3.8, 4) is 0 Å². The van der Waals surface area contributed by atoms with Crippen molar-refractivity contribution in [1.29, 1.82) is 0 Å². The molecule has 1 aliphatic rings. The first kappa shape index (κ1) is 11.5. The highest BCUT2D eigenvalue weighted by atomic mass is 79.9. The molecule has 84 valence electrons. The predicted octanol–water partition coefficient (Wildman–Crippen LogP) is 1.75. The summed E-state index contributed by atoms with van der Waals surface area (Å²) in [4.78, 5) is 1.27. The van der Waals surface area contributed by atoms with E-state index in [0.717, 1.165) is 17.4 Å². The molecule has 1 aliphatic heterocycles.